The molecule has 0 aromatic heterocycles. The number of para-hydroxylation sites is 2. The van der Waals surface area contributed by atoms with Crippen LogP contribution in [0.1, 0.15) is 22.3 Å². The second-order valence-electron chi connectivity index (χ2n) is 7.10. The van der Waals surface area contributed by atoms with Crippen LogP contribution >= 0.6 is 0 Å². The van der Waals surface area contributed by atoms with Gasteiger partial charge in [0.2, 0.25) is 0 Å². The van der Waals surface area contributed by atoms with Crippen molar-refractivity contribution < 1.29 is 22.7 Å². The quantitative estimate of drug-likeness (QED) is 0.452. The molecule has 0 radical (unpaired) electrons. The van der Waals surface area contributed by atoms with Crippen LogP contribution in [0.25, 0.3) is 0 Å². The number of rotatable bonds is 10. The van der Waals surface area contributed by atoms with E-state index in [-0.39, 0.29) is 10.8 Å². The summed E-state index contributed by atoms with van der Waals surface area (Å²) < 4.78 is 38.6. The summed E-state index contributed by atoms with van der Waals surface area (Å²) in [6.45, 7) is 2.92. The first-order chi connectivity index (χ1) is 15.4. The minimum absolute atomic E-state index is 0.0477. The van der Waals surface area contributed by atoms with Crippen molar-refractivity contribution in [3.05, 3.63) is 83.9 Å². The van der Waals surface area contributed by atoms with Crippen molar-refractivity contribution in [2.75, 3.05) is 25.0 Å². The fraction of sp³-hybridized carbons (Fsp3) is 0.208. The van der Waals surface area contributed by atoms with Gasteiger partial charge in [0.1, 0.15) is 11.5 Å². The van der Waals surface area contributed by atoms with Crippen LogP contribution < -0.4 is 19.5 Å². The van der Waals surface area contributed by atoms with Gasteiger partial charge < -0.3 is 14.8 Å². The summed E-state index contributed by atoms with van der Waals surface area (Å²) >= 11 is 0. The first-order valence-electron chi connectivity index (χ1n) is 10.1. The fourth-order valence-electron chi connectivity index (χ4n) is 2.99. The summed E-state index contributed by atoms with van der Waals surface area (Å²) in [5.41, 5.74) is 1.84. The molecule has 7 nitrogen and oxygen atoms in total. The highest BCUT2D eigenvalue weighted by molar-refractivity contribution is 7.92. The number of nitrogens with one attached hydrogen (secondary N) is 2. The summed E-state index contributed by atoms with van der Waals surface area (Å²) in [5, 5.41) is 2.81. The molecule has 3 aromatic rings. The van der Waals surface area contributed by atoms with E-state index in [0.717, 1.165) is 11.3 Å². The predicted octanol–water partition coefficient (Wildman–Crippen LogP) is 4.00. The number of hydrogen-bond acceptors (Lipinski definition) is 5. The molecule has 0 aliphatic rings. The van der Waals surface area contributed by atoms with Gasteiger partial charge in [-0.15, -0.1) is 0 Å². The van der Waals surface area contributed by atoms with Gasteiger partial charge in [-0.3, -0.25) is 9.52 Å². The van der Waals surface area contributed by atoms with E-state index >= 15 is 0 Å². The molecular formula is C24H26N2O5S. The first-order valence-corrected chi connectivity index (χ1v) is 11.6. The smallest absolute Gasteiger partial charge is 0.262 e. The van der Waals surface area contributed by atoms with E-state index < -0.39 is 10.0 Å². The van der Waals surface area contributed by atoms with Crippen molar-refractivity contribution in [2.24, 2.45) is 0 Å². The van der Waals surface area contributed by atoms with Crippen LogP contribution in [0.3, 0.4) is 0 Å². The average Bonchev–Trinajstić information content (AvgIpc) is 2.79. The molecule has 3 aromatic carbocycles. The van der Waals surface area contributed by atoms with Gasteiger partial charge in [-0.25, -0.2) is 8.42 Å². The van der Waals surface area contributed by atoms with E-state index in [1.807, 2.05) is 31.2 Å². The molecule has 0 spiro atoms. The zero-order valence-electron chi connectivity index (χ0n) is 18.0. The topological polar surface area (TPSA) is 93.7 Å². The number of sulfonamides is 1. The fourth-order valence-corrected chi connectivity index (χ4v) is 4.06. The molecule has 0 heterocycles. The van der Waals surface area contributed by atoms with Crippen LogP contribution in [0.15, 0.2) is 77.7 Å². The Morgan fingerprint density at radius 1 is 0.969 bits per heavy atom. The van der Waals surface area contributed by atoms with Gasteiger partial charge in [0.05, 0.1) is 24.3 Å². The van der Waals surface area contributed by atoms with E-state index in [1.165, 1.54) is 31.4 Å². The number of methoxy groups -OCH3 is 1. The number of carbonyl (C=O) groups excluding carboxylic acids is 1. The zero-order valence-corrected chi connectivity index (χ0v) is 18.8. The van der Waals surface area contributed by atoms with Crippen molar-refractivity contribution >= 4 is 21.6 Å². The van der Waals surface area contributed by atoms with Gasteiger partial charge in [-0.1, -0.05) is 24.3 Å². The minimum atomic E-state index is -3.82. The third-order valence-electron chi connectivity index (χ3n) is 4.64. The summed E-state index contributed by atoms with van der Waals surface area (Å²) in [6, 6.07) is 20.3. The Balaban J connectivity index is 1.51. The van der Waals surface area contributed by atoms with Crippen LogP contribution in [0.5, 0.6) is 11.5 Å². The predicted molar refractivity (Wildman–Crippen MR) is 124 cm³/mol. The van der Waals surface area contributed by atoms with Gasteiger partial charge in [0.15, 0.2) is 0 Å². The Morgan fingerprint density at radius 2 is 1.72 bits per heavy atom. The van der Waals surface area contributed by atoms with Crippen molar-refractivity contribution in [3.63, 3.8) is 0 Å². The first kappa shape index (κ1) is 23.1. The van der Waals surface area contributed by atoms with Crippen LogP contribution in [-0.4, -0.2) is 34.6 Å². The lowest BCUT2D eigenvalue weighted by molar-refractivity contribution is 0.0951. The SMILES string of the molecule is COc1ccccc1NS(=O)(=O)c1ccc(C(=O)NCCCOc2cccc(C)c2)cc1. The average molecular weight is 455 g/mol. The Kier molecular flexibility index (Phi) is 7.72. The van der Waals surface area contributed by atoms with Crippen LogP contribution in [0.4, 0.5) is 5.69 Å². The van der Waals surface area contributed by atoms with Crippen molar-refractivity contribution in [3.8, 4) is 11.5 Å². The minimum Gasteiger partial charge on any atom is -0.495 e. The summed E-state index contributed by atoms with van der Waals surface area (Å²) in [5.74, 6) is 0.940. The summed E-state index contributed by atoms with van der Waals surface area (Å²) in [4.78, 5) is 12.4. The lowest BCUT2D eigenvalue weighted by Crippen LogP contribution is -2.25. The highest BCUT2D eigenvalue weighted by Crippen LogP contribution is 2.26. The van der Waals surface area contributed by atoms with Crippen LogP contribution in [0.2, 0.25) is 0 Å². The molecule has 3 rings (SSSR count). The molecule has 168 valence electrons. The normalized spacial score (nSPS) is 10.9. The second kappa shape index (κ2) is 10.7. The Hall–Kier alpha value is -3.52. The molecule has 0 unspecified atom stereocenters. The van der Waals surface area contributed by atoms with Crippen molar-refractivity contribution in [2.45, 2.75) is 18.2 Å². The number of anilines is 1. The number of hydrogen-bond donors (Lipinski definition) is 2. The molecule has 32 heavy (non-hydrogen) atoms. The number of aryl methyl sites for hydroxylation is 1. The Morgan fingerprint density at radius 3 is 2.44 bits per heavy atom. The molecule has 0 aliphatic heterocycles. The zero-order chi connectivity index (χ0) is 23.0. The summed E-state index contributed by atoms with van der Waals surface area (Å²) in [7, 11) is -2.35. The van der Waals surface area contributed by atoms with E-state index in [0.29, 0.717) is 36.6 Å². The Labute approximate surface area is 188 Å². The number of amides is 1. The molecule has 0 atom stereocenters. The highest BCUT2D eigenvalue weighted by atomic mass is 32.2. The lowest BCUT2D eigenvalue weighted by Gasteiger charge is -2.12. The van der Waals surface area contributed by atoms with Gasteiger partial charge in [-0.05, 0) is 67.4 Å². The maximum absolute atomic E-state index is 12.7. The van der Waals surface area contributed by atoms with Gasteiger partial charge >= 0.3 is 0 Å². The molecule has 1 amide bonds. The molecule has 8 heteroatoms. The maximum atomic E-state index is 12.7. The van der Waals surface area contributed by atoms with Gasteiger partial charge in [-0.2, -0.15) is 0 Å². The van der Waals surface area contributed by atoms with Gasteiger partial charge in [0.25, 0.3) is 15.9 Å². The molecule has 2 N–H and O–H groups in total. The third-order valence-corrected chi connectivity index (χ3v) is 6.02. The molecule has 0 aliphatic carbocycles. The van der Waals surface area contributed by atoms with E-state index in [9.17, 15) is 13.2 Å². The van der Waals surface area contributed by atoms with Crippen molar-refractivity contribution in [1.29, 1.82) is 0 Å². The monoisotopic (exact) mass is 454 g/mol. The molecule has 0 saturated carbocycles. The third kappa shape index (κ3) is 6.24. The number of carbonyl (C=O) groups is 1. The standard InChI is InChI=1S/C24H26N2O5S/c1-18-7-5-8-20(17-18)31-16-6-15-25-24(27)19-11-13-21(14-12-19)32(28,29)26-22-9-3-4-10-23(22)30-2/h3-5,7-14,17,26H,6,15-16H2,1-2H3,(H,25,27). The van der Waals surface area contributed by atoms with E-state index in [2.05, 4.69) is 10.0 Å². The molecular weight excluding hydrogens is 428 g/mol. The largest absolute Gasteiger partial charge is 0.495 e. The number of benzene rings is 3. The highest BCUT2D eigenvalue weighted by Gasteiger charge is 2.17. The van der Waals surface area contributed by atoms with Crippen molar-refractivity contribution in [1.82, 2.24) is 5.32 Å². The van der Waals surface area contributed by atoms with Crippen LogP contribution in [0, 0.1) is 6.92 Å². The van der Waals surface area contributed by atoms with Gasteiger partial charge in [0, 0.05) is 12.1 Å². The van der Waals surface area contributed by atoms with E-state index in [4.69, 9.17) is 9.47 Å². The Bertz CT molecular complexity index is 1160. The summed E-state index contributed by atoms with van der Waals surface area (Å²) in [6.07, 6.45) is 0.648. The lowest BCUT2D eigenvalue weighted by atomic mass is 10.2. The van der Waals surface area contributed by atoms with Crippen LogP contribution in [-0.2, 0) is 10.0 Å². The molecule has 0 fully saturated rings. The maximum Gasteiger partial charge on any atom is 0.262 e. The van der Waals surface area contributed by atoms with E-state index in [1.54, 1.807) is 24.3 Å². The number of ether oxygens (including phenoxy) is 2. The molecule has 0 bridgehead atoms. The molecule has 0 saturated heterocycles. The second-order valence-corrected chi connectivity index (χ2v) is 8.79.